The van der Waals surface area contributed by atoms with Crippen LogP contribution in [0, 0.1) is 22.7 Å². The van der Waals surface area contributed by atoms with Gasteiger partial charge in [-0.2, -0.15) is 5.26 Å². The summed E-state index contributed by atoms with van der Waals surface area (Å²) in [6.45, 7) is 10.5. The minimum absolute atomic E-state index is 0.183. The first kappa shape index (κ1) is 17.5. The first-order valence-corrected chi connectivity index (χ1v) is 9.37. The van der Waals surface area contributed by atoms with Crippen LogP contribution in [0.25, 0.3) is 17.0 Å². The maximum atomic E-state index is 12.3. The highest BCUT2D eigenvalue weighted by molar-refractivity contribution is 6.18. The van der Waals surface area contributed by atoms with Crippen molar-refractivity contribution in [2.75, 3.05) is 6.61 Å². The van der Waals surface area contributed by atoms with Crippen LogP contribution >= 0.6 is 0 Å². The molecule has 0 amide bonds. The number of carbonyl (C=O) groups is 1. The average Bonchev–Trinajstić information content (AvgIpc) is 3.10. The Labute approximate surface area is 159 Å². The summed E-state index contributed by atoms with van der Waals surface area (Å²) in [5.41, 5.74) is 4.39. The van der Waals surface area contributed by atoms with Crippen molar-refractivity contribution in [3.63, 3.8) is 0 Å². The SMILES string of the molecule is C=C(C(=O)OCC)c1c(C#N)cccc1-c1nc2c([nH]1)CC1CC2C1(C)C. The van der Waals surface area contributed by atoms with Crippen LogP contribution in [0.2, 0.25) is 0 Å². The molecule has 1 saturated carbocycles. The van der Waals surface area contributed by atoms with E-state index >= 15 is 0 Å². The Balaban J connectivity index is 1.81. The van der Waals surface area contributed by atoms with E-state index < -0.39 is 5.97 Å². The molecule has 1 fully saturated rings. The van der Waals surface area contributed by atoms with Gasteiger partial charge in [0, 0.05) is 22.7 Å². The zero-order chi connectivity index (χ0) is 19.3. The number of carbonyl (C=O) groups excluding carboxylic acids is 1. The van der Waals surface area contributed by atoms with Gasteiger partial charge in [-0.3, -0.25) is 0 Å². The monoisotopic (exact) mass is 361 g/mol. The molecule has 5 heteroatoms. The molecule has 2 aromatic rings. The molecular weight excluding hydrogens is 338 g/mol. The molecule has 5 nitrogen and oxygen atoms in total. The number of nitrogens with zero attached hydrogens (tertiary/aromatic N) is 2. The number of nitrogens with one attached hydrogen (secondary N) is 1. The molecule has 3 aliphatic carbocycles. The fourth-order valence-electron chi connectivity index (χ4n) is 4.56. The third-order valence-electron chi connectivity index (χ3n) is 6.33. The van der Waals surface area contributed by atoms with Crippen molar-refractivity contribution in [1.82, 2.24) is 9.97 Å². The maximum absolute atomic E-state index is 12.3. The number of hydrogen-bond acceptors (Lipinski definition) is 4. The van der Waals surface area contributed by atoms with Crippen LogP contribution in [0.5, 0.6) is 0 Å². The van der Waals surface area contributed by atoms with Gasteiger partial charge < -0.3 is 9.72 Å². The van der Waals surface area contributed by atoms with Crippen LogP contribution in [-0.4, -0.2) is 22.5 Å². The van der Waals surface area contributed by atoms with Crippen LogP contribution in [0.4, 0.5) is 0 Å². The molecule has 2 unspecified atom stereocenters. The Morgan fingerprint density at radius 1 is 1.48 bits per heavy atom. The molecule has 27 heavy (non-hydrogen) atoms. The van der Waals surface area contributed by atoms with Gasteiger partial charge in [-0.05, 0) is 37.2 Å². The fourth-order valence-corrected chi connectivity index (χ4v) is 4.56. The zero-order valence-corrected chi connectivity index (χ0v) is 15.9. The van der Waals surface area contributed by atoms with Gasteiger partial charge >= 0.3 is 5.97 Å². The number of hydrogen-bond donors (Lipinski definition) is 1. The summed E-state index contributed by atoms with van der Waals surface area (Å²) in [5.74, 6) is 1.33. The summed E-state index contributed by atoms with van der Waals surface area (Å²) < 4.78 is 5.10. The van der Waals surface area contributed by atoms with Crippen LogP contribution < -0.4 is 0 Å². The molecule has 0 saturated heterocycles. The van der Waals surface area contributed by atoms with Crippen molar-refractivity contribution >= 4 is 11.5 Å². The molecule has 5 rings (SSSR count). The molecule has 0 spiro atoms. The highest BCUT2D eigenvalue weighted by atomic mass is 16.5. The highest BCUT2D eigenvalue weighted by Crippen LogP contribution is 2.61. The number of H-pyrrole nitrogens is 1. The summed E-state index contributed by atoms with van der Waals surface area (Å²) in [6.07, 6.45) is 2.18. The molecule has 2 bridgehead atoms. The average molecular weight is 361 g/mol. The number of imidazole rings is 1. The quantitative estimate of drug-likeness (QED) is 0.653. The number of aromatic amines is 1. The molecular formula is C22H23N3O2. The standard InChI is InChI=1S/C22H23N3O2/c1-5-27-21(26)12(2)18-13(11-23)7-6-8-15(18)20-24-17-10-14-9-16(19(17)25-20)22(14,3)4/h6-8,14,16H,2,5,9-10H2,1,3-4H3,(H,24,25). The number of rotatable bonds is 4. The van der Waals surface area contributed by atoms with Gasteiger partial charge in [0.15, 0.2) is 0 Å². The molecule has 2 atom stereocenters. The van der Waals surface area contributed by atoms with E-state index in [-0.39, 0.29) is 17.6 Å². The summed E-state index contributed by atoms with van der Waals surface area (Å²) >= 11 is 0. The summed E-state index contributed by atoms with van der Waals surface area (Å²) in [5, 5.41) is 9.56. The van der Waals surface area contributed by atoms with Crippen LogP contribution in [0.15, 0.2) is 24.8 Å². The van der Waals surface area contributed by atoms with Gasteiger partial charge in [0.2, 0.25) is 0 Å². The lowest BCUT2D eigenvalue weighted by Crippen LogP contribution is -2.48. The number of nitriles is 1. The van der Waals surface area contributed by atoms with Crippen LogP contribution in [-0.2, 0) is 16.0 Å². The molecule has 0 radical (unpaired) electrons. The molecule has 138 valence electrons. The van der Waals surface area contributed by atoms with Crippen LogP contribution in [0.1, 0.15) is 55.6 Å². The van der Waals surface area contributed by atoms with E-state index in [1.165, 1.54) is 12.1 Å². The molecule has 1 heterocycles. The second-order valence-electron chi connectivity index (χ2n) is 8.00. The summed E-state index contributed by atoms with van der Waals surface area (Å²) in [7, 11) is 0. The molecule has 1 N–H and O–H groups in total. The minimum atomic E-state index is -0.513. The lowest BCUT2D eigenvalue weighted by Gasteiger charge is -2.55. The van der Waals surface area contributed by atoms with Crippen molar-refractivity contribution in [3.8, 4) is 17.5 Å². The summed E-state index contributed by atoms with van der Waals surface area (Å²) in [4.78, 5) is 20.6. The molecule has 1 aromatic heterocycles. The van der Waals surface area contributed by atoms with E-state index in [9.17, 15) is 10.1 Å². The predicted octanol–water partition coefficient (Wildman–Crippen LogP) is 4.21. The topological polar surface area (TPSA) is 78.8 Å². The van der Waals surface area contributed by atoms with Crippen molar-refractivity contribution in [3.05, 3.63) is 47.3 Å². The largest absolute Gasteiger partial charge is 0.462 e. The predicted molar refractivity (Wildman–Crippen MR) is 103 cm³/mol. The number of aromatic nitrogens is 2. The summed E-state index contributed by atoms with van der Waals surface area (Å²) in [6, 6.07) is 7.53. The van der Waals surface area contributed by atoms with Crippen molar-refractivity contribution in [2.45, 2.75) is 39.5 Å². The first-order chi connectivity index (χ1) is 12.9. The number of ether oxygens (including phenoxy) is 1. The Morgan fingerprint density at radius 2 is 2.26 bits per heavy atom. The van der Waals surface area contributed by atoms with Gasteiger partial charge in [-0.25, -0.2) is 9.78 Å². The van der Waals surface area contributed by atoms with E-state index in [2.05, 4.69) is 31.5 Å². The minimum Gasteiger partial charge on any atom is -0.462 e. The van der Waals surface area contributed by atoms with E-state index in [4.69, 9.17) is 9.72 Å². The Bertz CT molecular complexity index is 993. The third kappa shape index (κ3) is 2.51. The van der Waals surface area contributed by atoms with Crippen molar-refractivity contribution in [2.24, 2.45) is 11.3 Å². The van der Waals surface area contributed by atoms with E-state index in [0.29, 0.717) is 28.8 Å². The molecule has 0 aliphatic heterocycles. The number of benzene rings is 1. The normalized spacial score (nSPS) is 21.6. The van der Waals surface area contributed by atoms with Gasteiger partial charge in [0.25, 0.3) is 0 Å². The van der Waals surface area contributed by atoms with Gasteiger partial charge in [0.05, 0.1) is 29.5 Å². The second-order valence-corrected chi connectivity index (χ2v) is 8.00. The molecule has 3 aliphatic rings. The van der Waals surface area contributed by atoms with E-state index in [1.54, 1.807) is 19.1 Å². The van der Waals surface area contributed by atoms with Crippen molar-refractivity contribution < 1.29 is 9.53 Å². The smallest absolute Gasteiger partial charge is 0.338 e. The third-order valence-corrected chi connectivity index (χ3v) is 6.33. The lowest BCUT2D eigenvalue weighted by molar-refractivity contribution is -0.136. The number of esters is 1. The van der Waals surface area contributed by atoms with Crippen molar-refractivity contribution in [1.29, 1.82) is 5.26 Å². The Kier molecular flexibility index (Phi) is 3.96. The van der Waals surface area contributed by atoms with E-state index in [0.717, 1.165) is 17.7 Å². The van der Waals surface area contributed by atoms with Crippen LogP contribution in [0.3, 0.4) is 0 Å². The first-order valence-electron chi connectivity index (χ1n) is 9.37. The second kappa shape index (κ2) is 6.09. The maximum Gasteiger partial charge on any atom is 0.338 e. The Morgan fingerprint density at radius 3 is 2.93 bits per heavy atom. The lowest BCUT2D eigenvalue weighted by atomic mass is 9.49. The highest BCUT2D eigenvalue weighted by Gasteiger charge is 2.54. The van der Waals surface area contributed by atoms with Gasteiger partial charge in [-0.1, -0.05) is 32.6 Å². The zero-order valence-electron chi connectivity index (χ0n) is 15.9. The van der Waals surface area contributed by atoms with E-state index in [1.807, 2.05) is 6.07 Å². The Hall–Kier alpha value is -2.87. The molecule has 1 aromatic carbocycles. The fraction of sp³-hybridized carbons (Fsp3) is 0.409. The van der Waals surface area contributed by atoms with Gasteiger partial charge in [0.1, 0.15) is 5.82 Å². The van der Waals surface area contributed by atoms with Gasteiger partial charge in [-0.15, -0.1) is 0 Å².